The molecular formula is C25H24N4O2. The largest absolute Gasteiger partial charge is 0.497 e. The molecule has 156 valence electrons. The van der Waals surface area contributed by atoms with Gasteiger partial charge in [0.05, 0.1) is 24.2 Å². The Hall–Kier alpha value is -3.93. The second-order valence-corrected chi connectivity index (χ2v) is 7.13. The fourth-order valence-electron chi connectivity index (χ4n) is 3.32. The molecule has 0 aliphatic rings. The van der Waals surface area contributed by atoms with E-state index in [-0.39, 0.29) is 5.91 Å². The third-order valence-electron chi connectivity index (χ3n) is 4.97. The van der Waals surface area contributed by atoms with Gasteiger partial charge in [0, 0.05) is 37.3 Å². The first-order valence-corrected chi connectivity index (χ1v) is 10.2. The Balaban J connectivity index is 1.50. The summed E-state index contributed by atoms with van der Waals surface area (Å²) in [6, 6.07) is 23.5. The number of ether oxygens (including phenoxy) is 1. The molecule has 1 N–H and O–H groups in total. The van der Waals surface area contributed by atoms with Crippen LogP contribution in [-0.4, -0.2) is 27.8 Å². The molecule has 2 heterocycles. The van der Waals surface area contributed by atoms with Gasteiger partial charge in [-0.3, -0.25) is 9.78 Å². The van der Waals surface area contributed by atoms with Crippen molar-refractivity contribution in [3.63, 3.8) is 0 Å². The van der Waals surface area contributed by atoms with Gasteiger partial charge in [-0.25, -0.2) is 4.68 Å². The Morgan fingerprint density at radius 2 is 1.84 bits per heavy atom. The number of amides is 1. The summed E-state index contributed by atoms with van der Waals surface area (Å²) in [7, 11) is 1.64. The van der Waals surface area contributed by atoms with Crippen LogP contribution in [0.3, 0.4) is 0 Å². The fraction of sp³-hybridized carbons (Fsp3) is 0.160. The molecule has 4 aromatic rings. The highest BCUT2D eigenvalue weighted by Gasteiger charge is 2.13. The van der Waals surface area contributed by atoms with Crippen LogP contribution >= 0.6 is 0 Å². The van der Waals surface area contributed by atoms with Crippen LogP contribution in [0.4, 0.5) is 0 Å². The lowest BCUT2D eigenvalue weighted by Gasteiger charge is -2.08. The number of carbonyl (C=O) groups is 1. The van der Waals surface area contributed by atoms with Crippen LogP contribution in [0.25, 0.3) is 16.9 Å². The first-order chi connectivity index (χ1) is 15.2. The molecule has 0 fully saturated rings. The third kappa shape index (κ3) is 5.17. The Labute approximate surface area is 181 Å². The zero-order chi connectivity index (χ0) is 21.5. The fourth-order valence-corrected chi connectivity index (χ4v) is 3.32. The van der Waals surface area contributed by atoms with Crippen LogP contribution < -0.4 is 10.1 Å². The topological polar surface area (TPSA) is 69.0 Å². The highest BCUT2D eigenvalue weighted by molar-refractivity contribution is 5.76. The molecule has 1 amide bonds. The van der Waals surface area contributed by atoms with Crippen LogP contribution in [0, 0.1) is 0 Å². The van der Waals surface area contributed by atoms with Crippen molar-refractivity contribution in [3.05, 3.63) is 96.4 Å². The number of hydrogen-bond donors (Lipinski definition) is 1. The van der Waals surface area contributed by atoms with E-state index in [1.165, 1.54) is 0 Å². The molecule has 0 saturated heterocycles. The summed E-state index contributed by atoms with van der Waals surface area (Å²) in [5.41, 5.74) is 4.74. The van der Waals surface area contributed by atoms with Crippen LogP contribution in [0.2, 0.25) is 0 Å². The molecule has 0 bridgehead atoms. The molecule has 0 atom stereocenters. The second kappa shape index (κ2) is 9.71. The van der Waals surface area contributed by atoms with Crippen LogP contribution in [0.5, 0.6) is 5.75 Å². The van der Waals surface area contributed by atoms with Gasteiger partial charge < -0.3 is 10.1 Å². The first kappa shape index (κ1) is 20.3. The molecule has 2 aromatic carbocycles. The van der Waals surface area contributed by atoms with Gasteiger partial charge in [-0.05, 0) is 48.0 Å². The van der Waals surface area contributed by atoms with Crippen molar-refractivity contribution < 1.29 is 9.53 Å². The lowest BCUT2D eigenvalue weighted by molar-refractivity contribution is -0.121. The summed E-state index contributed by atoms with van der Waals surface area (Å²) in [4.78, 5) is 16.6. The Morgan fingerprint density at radius 1 is 1.03 bits per heavy atom. The molecule has 0 aliphatic carbocycles. The minimum absolute atomic E-state index is 0.00535. The molecular weight excluding hydrogens is 388 g/mol. The molecule has 0 unspecified atom stereocenters. The van der Waals surface area contributed by atoms with E-state index in [0.717, 1.165) is 34.0 Å². The highest BCUT2D eigenvalue weighted by atomic mass is 16.5. The summed E-state index contributed by atoms with van der Waals surface area (Å²) in [6.45, 7) is 0.529. The molecule has 4 rings (SSSR count). The highest BCUT2D eigenvalue weighted by Crippen LogP contribution is 2.25. The number of nitrogens with zero attached hydrogens (tertiary/aromatic N) is 3. The first-order valence-electron chi connectivity index (χ1n) is 10.2. The number of rotatable bonds is 8. The van der Waals surface area contributed by atoms with Gasteiger partial charge in [-0.15, -0.1) is 0 Å². The van der Waals surface area contributed by atoms with E-state index in [9.17, 15) is 4.79 Å². The van der Waals surface area contributed by atoms with Gasteiger partial charge in [-0.1, -0.05) is 30.3 Å². The Bertz CT molecular complexity index is 1120. The van der Waals surface area contributed by atoms with Gasteiger partial charge in [0.1, 0.15) is 5.75 Å². The van der Waals surface area contributed by atoms with Crippen molar-refractivity contribution in [2.75, 3.05) is 7.11 Å². The molecule has 31 heavy (non-hydrogen) atoms. The summed E-state index contributed by atoms with van der Waals surface area (Å²) >= 11 is 0. The van der Waals surface area contributed by atoms with Crippen LogP contribution in [0.1, 0.15) is 17.7 Å². The summed E-state index contributed by atoms with van der Waals surface area (Å²) in [6.07, 6.45) is 4.49. The quantitative estimate of drug-likeness (QED) is 0.471. The number of hydrogen-bond acceptors (Lipinski definition) is 4. The minimum atomic E-state index is 0.00535. The van der Waals surface area contributed by atoms with Gasteiger partial charge in [0.15, 0.2) is 0 Å². The maximum Gasteiger partial charge on any atom is 0.220 e. The van der Waals surface area contributed by atoms with Crippen molar-refractivity contribution >= 4 is 5.91 Å². The molecule has 0 aliphatic heterocycles. The van der Waals surface area contributed by atoms with Crippen molar-refractivity contribution in [2.45, 2.75) is 19.4 Å². The van der Waals surface area contributed by atoms with E-state index in [1.54, 1.807) is 13.3 Å². The number of pyridine rings is 1. The molecule has 0 radical (unpaired) electrons. The zero-order valence-electron chi connectivity index (χ0n) is 17.4. The number of carbonyl (C=O) groups excluding carboxylic acids is 1. The van der Waals surface area contributed by atoms with E-state index in [4.69, 9.17) is 9.84 Å². The third-order valence-corrected chi connectivity index (χ3v) is 4.97. The number of methoxy groups -OCH3 is 1. The van der Waals surface area contributed by atoms with E-state index in [1.807, 2.05) is 83.7 Å². The maximum atomic E-state index is 12.3. The van der Waals surface area contributed by atoms with Crippen LogP contribution in [0.15, 0.2) is 85.2 Å². The minimum Gasteiger partial charge on any atom is -0.497 e. The van der Waals surface area contributed by atoms with Crippen molar-refractivity contribution in [3.8, 4) is 22.7 Å². The second-order valence-electron chi connectivity index (χ2n) is 7.13. The van der Waals surface area contributed by atoms with E-state index < -0.39 is 0 Å². The zero-order valence-corrected chi connectivity index (χ0v) is 17.4. The standard InChI is InChI=1S/C25H24N4O2/c1-31-23-12-10-22(11-13-23)29-24(20-8-5-15-26-18-20)16-21(28-29)9-14-25(30)27-17-19-6-3-2-4-7-19/h2-8,10-13,15-16,18H,9,14,17H2,1H3,(H,27,30). The molecule has 6 nitrogen and oxygen atoms in total. The van der Waals surface area contributed by atoms with Gasteiger partial charge >= 0.3 is 0 Å². The maximum absolute atomic E-state index is 12.3. The van der Waals surface area contributed by atoms with Gasteiger partial charge in [0.25, 0.3) is 0 Å². The van der Waals surface area contributed by atoms with Crippen molar-refractivity contribution in [1.29, 1.82) is 0 Å². The predicted molar refractivity (Wildman–Crippen MR) is 120 cm³/mol. The van der Waals surface area contributed by atoms with Gasteiger partial charge in [0.2, 0.25) is 5.91 Å². The molecule has 0 spiro atoms. The lowest BCUT2D eigenvalue weighted by atomic mass is 10.1. The number of benzene rings is 2. The number of aryl methyl sites for hydroxylation is 1. The van der Waals surface area contributed by atoms with E-state index >= 15 is 0 Å². The van der Waals surface area contributed by atoms with Crippen LogP contribution in [-0.2, 0) is 17.8 Å². The van der Waals surface area contributed by atoms with Crippen molar-refractivity contribution in [2.24, 2.45) is 0 Å². The average Bonchev–Trinajstić information content (AvgIpc) is 3.27. The summed E-state index contributed by atoms with van der Waals surface area (Å²) < 4.78 is 7.14. The SMILES string of the molecule is COc1ccc(-n2nc(CCC(=O)NCc3ccccc3)cc2-c2cccnc2)cc1. The molecule has 0 saturated carbocycles. The average molecular weight is 412 g/mol. The van der Waals surface area contributed by atoms with Gasteiger partial charge in [-0.2, -0.15) is 5.10 Å². The number of aromatic nitrogens is 3. The monoisotopic (exact) mass is 412 g/mol. The van der Waals surface area contributed by atoms with Crippen molar-refractivity contribution in [1.82, 2.24) is 20.1 Å². The predicted octanol–water partition coefficient (Wildman–Crippen LogP) is 4.19. The number of nitrogens with one attached hydrogen (secondary N) is 1. The summed E-state index contributed by atoms with van der Waals surface area (Å²) in [5, 5.41) is 7.74. The lowest BCUT2D eigenvalue weighted by Crippen LogP contribution is -2.23. The smallest absolute Gasteiger partial charge is 0.220 e. The molecule has 6 heteroatoms. The van der Waals surface area contributed by atoms with E-state index in [0.29, 0.717) is 19.4 Å². The van der Waals surface area contributed by atoms with E-state index in [2.05, 4.69) is 10.3 Å². The Kier molecular flexibility index (Phi) is 6.38. The molecule has 2 aromatic heterocycles. The summed E-state index contributed by atoms with van der Waals surface area (Å²) in [5.74, 6) is 0.792. The Morgan fingerprint density at radius 3 is 2.55 bits per heavy atom. The normalized spacial score (nSPS) is 10.6.